The second-order valence-corrected chi connectivity index (χ2v) is 18.9. The van der Waals surface area contributed by atoms with Crippen LogP contribution in [0, 0.1) is 0 Å². The molecule has 3 N–H and O–H groups in total. The predicted octanol–water partition coefficient (Wildman–Crippen LogP) is 16.7. The minimum Gasteiger partial charge on any atom is -0.466 e. The van der Waals surface area contributed by atoms with Gasteiger partial charge in [0.05, 0.1) is 25.4 Å². The molecule has 0 heterocycles. The average molecular weight is 874 g/mol. The number of hydrogen-bond donors (Lipinski definition) is 3. The number of rotatable bonds is 51. The summed E-state index contributed by atoms with van der Waals surface area (Å²) in [6.45, 7) is 4.86. The Hall–Kier alpha value is -1.66. The standard InChI is InChI=1S/C56H107NO5/c1-3-5-7-9-11-13-15-17-19-21-22-23-24-26-28-32-36-40-44-48-54(59)53(52-58)57-55(60)49-45-41-37-33-30-31-35-39-43-47-51-62-56(61)50-46-42-38-34-29-27-25-20-18-16-14-12-10-8-6-4-2/h20,25,44,48,53-54,58-59H,3-19,21-24,26-43,45-47,49-52H2,1-2H3,(H,57,60)/b25-20-,48-44+. The van der Waals surface area contributed by atoms with Gasteiger partial charge >= 0.3 is 5.97 Å². The zero-order valence-electron chi connectivity index (χ0n) is 41.6. The van der Waals surface area contributed by atoms with Gasteiger partial charge in [-0.2, -0.15) is 0 Å². The van der Waals surface area contributed by atoms with Gasteiger partial charge in [0.1, 0.15) is 0 Å². The maximum atomic E-state index is 12.5. The van der Waals surface area contributed by atoms with Crippen molar-refractivity contribution in [2.75, 3.05) is 13.2 Å². The summed E-state index contributed by atoms with van der Waals surface area (Å²) in [5.74, 6) is -0.117. The van der Waals surface area contributed by atoms with E-state index in [0.717, 1.165) is 57.8 Å². The molecule has 0 rings (SSSR count). The second kappa shape index (κ2) is 52.0. The van der Waals surface area contributed by atoms with Gasteiger partial charge in [-0.05, 0) is 57.8 Å². The lowest BCUT2D eigenvalue weighted by Gasteiger charge is -2.20. The maximum Gasteiger partial charge on any atom is 0.305 e. The summed E-state index contributed by atoms with van der Waals surface area (Å²) in [5, 5.41) is 23.1. The fourth-order valence-electron chi connectivity index (χ4n) is 8.45. The van der Waals surface area contributed by atoms with Crippen LogP contribution in [0.25, 0.3) is 0 Å². The second-order valence-electron chi connectivity index (χ2n) is 18.9. The molecule has 0 aliphatic carbocycles. The number of carbonyl (C=O) groups is 2. The van der Waals surface area contributed by atoms with Crippen molar-refractivity contribution < 1.29 is 24.5 Å². The van der Waals surface area contributed by atoms with Crippen LogP contribution < -0.4 is 5.32 Å². The Balaban J connectivity index is 3.51. The van der Waals surface area contributed by atoms with Gasteiger partial charge < -0.3 is 20.3 Å². The third-order valence-electron chi connectivity index (χ3n) is 12.7. The van der Waals surface area contributed by atoms with Crippen molar-refractivity contribution in [3.63, 3.8) is 0 Å². The number of esters is 1. The Bertz CT molecular complexity index is 966. The summed E-state index contributed by atoms with van der Waals surface area (Å²) in [5.41, 5.74) is 0. The molecule has 0 spiro atoms. The van der Waals surface area contributed by atoms with Crippen LogP contribution in [-0.2, 0) is 14.3 Å². The maximum absolute atomic E-state index is 12.5. The number of allylic oxidation sites excluding steroid dienone is 3. The van der Waals surface area contributed by atoms with Crippen LogP contribution in [0.2, 0.25) is 0 Å². The third-order valence-corrected chi connectivity index (χ3v) is 12.7. The minimum atomic E-state index is -0.860. The highest BCUT2D eigenvalue weighted by atomic mass is 16.5. The average Bonchev–Trinajstić information content (AvgIpc) is 3.27. The number of hydrogen-bond acceptors (Lipinski definition) is 5. The fourth-order valence-corrected chi connectivity index (χ4v) is 8.45. The molecule has 2 unspecified atom stereocenters. The molecule has 62 heavy (non-hydrogen) atoms. The van der Waals surface area contributed by atoms with Crippen LogP contribution in [0.15, 0.2) is 24.3 Å². The van der Waals surface area contributed by atoms with E-state index in [1.807, 2.05) is 6.08 Å². The van der Waals surface area contributed by atoms with E-state index < -0.39 is 12.1 Å². The van der Waals surface area contributed by atoms with Gasteiger partial charge in [-0.15, -0.1) is 0 Å². The molecule has 0 saturated carbocycles. The lowest BCUT2D eigenvalue weighted by molar-refractivity contribution is -0.143. The van der Waals surface area contributed by atoms with Crippen LogP contribution >= 0.6 is 0 Å². The highest BCUT2D eigenvalue weighted by Crippen LogP contribution is 2.16. The molecule has 0 fully saturated rings. The molecule has 1 amide bonds. The first-order valence-electron chi connectivity index (χ1n) is 27.6. The van der Waals surface area contributed by atoms with Gasteiger partial charge in [-0.3, -0.25) is 9.59 Å². The lowest BCUT2D eigenvalue weighted by atomic mass is 10.0. The number of aliphatic hydroxyl groups excluding tert-OH is 2. The monoisotopic (exact) mass is 874 g/mol. The molecule has 366 valence electrons. The van der Waals surface area contributed by atoms with Crippen molar-refractivity contribution in [2.24, 2.45) is 0 Å². The Morgan fingerprint density at radius 1 is 0.435 bits per heavy atom. The molecular weight excluding hydrogens is 767 g/mol. The van der Waals surface area contributed by atoms with E-state index in [9.17, 15) is 19.8 Å². The molecule has 0 aliphatic heterocycles. The lowest BCUT2D eigenvalue weighted by Crippen LogP contribution is -2.45. The SMILES string of the molecule is CCCCCCCCC/C=C\CCCCCCCC(=O)OCCCCCCCCCCCCC(=O)NC(CO)C(O)/C=C/CCCCCCCCCCCCCCCCCCC. The minimum absolute atomic E-state index is 0.0279. The summed E-state index contributed by atoms with van der Waals surface area (Å²) in [7, 11) is 0. The van der Waals surface area contributed by atoms with Crippen LogP contribution in [0.3, 0.4) is 0 Å². The molecule has 0 aromatic heterocycles. The van der Waals surface area contributed by atoms with Gasteiger partial charge in [-0.1, -0.05) is 250 Å². The fraction of sp³-hybridized carbons (Fsp3) is 0.893. The van der Waals surface area contributed by atoms with E-state index >= 15 is 0 Å². The molecule has 0 radical (unpaired) electrons. The largest absolute Gasteiger partial charge is 0.466 e. The van der Waals surface area contributed by atoms with Crippen LogP contribution in [0.5, 0.6) is 0 Å². The summed E-state index contributed by atoms with van der Waals surface area (Å²) in [4.78, 5) is 24.5. The Morgan fingerprint density at radius 2 is 0.758 bits per heavy atom. The number of ether oxygens (including phenoxy) is 1. The highest BCUT2D eigenvalue weighted by molar-refractivity contribution is 5.76. The number of amides is 1. The van der Waals surface area contributed by atoms with E-state index in [0.29, 0.717) is 19.4 Å². The highest BCUT2D eigenvalue weighted by Gasteiger charge is 2.18. The van der Waals surface area contributed by atoms with Crippen LogP contribution in [0.4, 0.5) is 0 Å². The van der Waals surface area contributed by atoms with Gasteiger partial charge in [0.2, 0.25) is 5.91 Å². The number of carbonyl (C=O) groups excluding carboxylic acids is 2. The Kier molecular flexibility index (Phi) is 50.6. The van der Waals surface area contributed by atoms with E-state index in [1.54, 1.807) is 6.08 Å². The van der Waals surface area contributed by atoms with Crippen molar-refractivity contribution in [1.29, 1.82) is 0 Å². The first-order valence-corrected chi connectivity index (χ1v) is 27.6. The number of aliphatic hydroxyl groups is 2. The van der Waals surface area contributed by atoms with Crippen molar-refractivity contribution in [2.45, 2.75) is 309 Å². The first-order chi connectivity index (χ1) is 30.5. The summed E-state index contributed by atoms with van der Waals surface area (Å²) in [6.07, 6.45) is 61.8. The van der Waals surface area contributed by atoms with Crippen LogP contribution in [0.1, 0.15) is 296 Å². The molecular formula is C56H107NO5. The van der Waals surface area contributed by atoms with Gasteiger partial charge in [0, 0.05) is 12.8 Å². The predicted molar refractivity (Wildman–Crippen MR) is 269 cm³/mol. The van der Waals surface area contributed by atoms with Gasteiger partial charge in [-0.25, -0.2) is 0 Å². The summed E-state index contributed by atoms with van der Waals surface area (Å²) in [6, 6.07) is -0.645. The Labute approximate surface area is 386 Å². The van der Waals surface area contributed by atoms with E-state index in [-0.39, 0.29) is 18.5 Å². The topological polar surface area (TPSA) is 95.9 Å². The van der Waals surface area contributed by atoms with Crippen molar-refractivity contribution in [3.05, 3.63) is 24.3 Å². The first kappa shape index (κ1) is 60.3. The summed E-state index contributed by atoms with van der Waals surface area (Å²) >= 11 is 0. The van der Waals surface area contributed by atoms with Crippen molar-refractivity contribution in [1.82, 2.24) is 5.32 Å². The van der Waals surface area contributed by atoms with E-state index in [2.05, 4.69) is 31.3 Å². The molecule has 6 nitrogen and oxygen atoms in total. The molecule has 0 aliphatic rings. The smallest absolute Gasteiger partial charge is 0.305 e. The third kappa shape index (κ3) is 47.8. The van der Waals surface area contributed by atoms with Crippen molar-refractivity contribution in [3.8, 4) is 0 Å². The van der Waals surface area contributed by atoms with Gasteiger partial charge in [0.25, 0.3) is 0 Å². The summed E-state index contributed by atoms with van der Waals surface area (Å²) < 4.78 is 5.46. The van der Waals surface area contributed by atoms with E-state index in [4.69, 9.17) is 4.74 Å². The molecule has 0 aromatic rings. The van der Waals surface area contributed by atoms with Crippen molar-refractivity contribution >= 4 is 11.9 Å². The quantitative estimate of drug-likeness (QED) is 0.0321. The zero-order chi connectivity index (χ0) is 45.1. The Morgan fingerprint density at radius 3 is 1.15 bits per heavy atom. The molecule has 0 bridgehead atoms. The number of nitrogens with one attached hydrogen (secondary N) is 1. The van der Waals surface area contributed by atoms with Crippen LogP contribution in [-0.4, -0.2) is 47.4 Å². The molecule has 2 atom stereocenters. The van der Waals surface area contributed by atoms with E-state index in [1.165, 1.54) is 212 Å². The zero-order valence-corrected chi connectivity index (χ0v) is 41.6. The normalized spacial score (nSPS) is 12.8. The molecule has 6 heteroatoms. The molecule has 0 saturated heterocycles. The number of unbranched alkanes of at least 4 members (excludes halogenated alkanes) is 38. The molecule has 0 aromatic carbocycles. The van der Waals surface area contributed by atoms with Gasteiger partial charge in [0.15, 0.2) is 0 Å².